The Bertz CT molecular complexity index is 942. The van der Waals surface area contributed by atoms with Gasteiger partial charge < -0.3 is 10.4 Å². The summed E-state index contributed by atoms with van der Waals surface area (Å²) in [6, 6.07) is 13.6. The first kappa shape index (κ1) is 16.9. The third-order valence-corrected chi connectivity index (χ3v) is 4.52. The number of nitrogens with one attached hydrogen (secondary N) is 1. The van der Waals surface area contributed by atoms with Crippen molar-refractivity contribution in [3.05, 3.63) is 59.8 Å². The van der Waals surface area contributed by atoms with Crippen LogP contribution in [0.4, 0.5) is 5.69 Å². The average Bonchev–Trinajstić information content (AvgIpc) is 2.60. The molecule has 2 aromatic carbocycles. The van der Waals surface area contributed by atoms with E-state index in [1.807, 2.05) is 31.2 Å². The van der Waals surface area contributed by atoms with E-state index in [1.54, 1.807) is 12.1 Å². The van der Waals surface area contributed by atoms with Gasteiger partial charge in [0.15, 0.2) is 0 Å². The van der Waals surface area contributed by atoms with Crippen molar-refractivity contribution in [2.45, 2.75) is 11.9 Å². The molecule has 1 aromatic heterocycles. The third-order valence-electron chi connectivity index (χ3n) is 3.46. The van der Waals surface area contributed by atoms with E-state index >= 15 is 0 Å². The van der Waals surface area contributed by atoms with E-state index in [0.717, 1.165) is 21.8 Å². The molecular formula is C18H15N3O3S. The van der Waals surface area contributed by atoms with Gasteiger partial charge in [0, 0.05) is 5.69 Å². The summed E-state index contributed by atoms with van der Waals surface area (Å²) in [6.45, 7) is 1.87. The molecule has 1 heterocycles. The fourth-order valence-corrected chi connectivity index (χ4v) is 2.99. The molecule has 0 aliphatic rings. The highest BCUT2D eigenvalue weighted by Gasteiger charge is 2.10. The zero-order valence-corrected chi connectivity index (χ0v) is 14.2. The molecule has 0 saturated heterocycles. The number of carbonyl (C=O) groups is 2. The van der Waals surface area contributed by atoms with Crippen molar-refractivity contribution in [3.63, 3.8) is 0 Å². The number of hydrogen-bond donors (Lipinski definition) is 2. The number of aromatic carboxylic acids is 1. The second-order valence-corrected chi connectivity index (χ2v) is 6.29. The number of nitrogens with zero attached hydrogens (tertiary/aromatic N) is 2. The first-order valence-corrected chi connectivity index (χ1v) is 8.51. The minimum absolute atomic E-state index is 0.175. The van der Waals surface area contributed by atoms with Crippen LogP contribution in [0.2, 0.25) is 0 Å². The van der Waals surface area contributed by atoms with Crippen LogP contribution in [0.1, 0.15) is 16.1 Å². The second-order valence-electron chi connectivity index (χ2n) is 5.32. The van der Waals surface area contributed by atoms with Crippen molar-refractivity contribution in [3.8, 4) is 0 Å². The summed E-state index contributed by atoms with van der Waals surface area (Å²) in [5, 5.41) is 12.3. The molecule has 0 unspecified atom stereocenters. The number of aryl methyl sites for hydroxylation is 1. The molecule has 3 aromatic rings. The van der Waals surface area contributed by atoms with E-state index in [9.17, 15) is 9.59 Å². The summed E-state index contributed by atoms with van der Waals surface area (Å²) in [5.41, 5.74) is 3.13. The Balaban J connectivity index is 1.64. The summed E-state index contributed by atoms with van der Waals surface area (Å²) in [4.78, 5) is 31.9. The van der Waals surface area contributed by atoms with Crippen molar-refractivity contribution in [1.82, 2.24) is 9.97 Å². The fraction of sp³-hybridized carbons (Fsp3) is 0.111. The van der Waals surface area contributed by atoms with Gasteiger partial charge in [0.05, 0.1) is 28.0 Å². The highest BCUT2D eigenvalue weighted by atomic mass is 32.2. The molecule has 0 saturated carbocycles. The molecule has 25 heavy (non-hydrogen) atoms. The zero-order valence-electron chi connectivity index (χ0n) is 13.4. The number of rotatable bonds is 5. The average molecular weight is 353 g/mol. The van der Waals surface area contributed by atoms with Crippen LogP contribution in [-0.2, 0) is 4.79 Å². The predicted octanol–water partition coefficient (Wildman–Crippen LogP) is 3.37. The highest BCUT2D eigenvalue weighted by molar-refractivity contribution is 8.00. The fourth-order valence-electron chi connectivity index (χ4n) is 2.24. The van der Waals surface area contributed by atoms with Gasteiger partial charge in [-0.2, -0.15) is 0 Å². The number of para-hydroxylation sites is 2. The maximum atomic E-state index is 12.1. The minimum atomic E-state index is -1.00. The first-order chi connectivity index (χ1) is 12.0. The van der Waals surface area contributed by atoms with Crippen LogP contribution in [0.5, 0.6) is 0 Å². The van der Waals surface area contributed by atoms with Gasteiger partial charge in [-0.3, -0.25) is 4.79 Å². The largest absolute Gasteiger partial charge is 0.478 e. The Morgan fingerprint density at radius 2 is 1.68 bits per heavy atom. The van der Waals surface area contributed by atoms with Gasteiger partial charge in [0.2, 0.25) is 5.91 Å². The smallest absolute Gasteiger partial charge is 0.335 e. The number of amides is 1. The van der Waals surface area contributed by atoms with E-state index in [4.69, 9.17) is 5.11 Å². The number of hydrogen-bond acceptors (Lipinski definition) is 5. The normalized spacial score (nSPS) is 10.6. The molecule has 0 aliphatic carbocycles. The van der Waals surface area contributed by atoms with Crippen LogP contribution in [0, 0.1) is 6.92 Å². The predicted molar refractivity (Wildman–Crippen MR) is 97.0 cm³/mol. The van der Waals surface area contributed by atoms with Gasteiger partial charge in [-0.15, -0.1) is 0 Å². The lowest BCUT2D eigenvalue weighted by Crippen LogP contribution is -2.14. The molecule has 0 radical (unpaired) electrons. The molecule has 0 atom stereocenters. The number of aromatic nitrogens is 2. The van der Waals surface area contributed by atoms with E-state index in [2.05, 4.69) is 15.3 Å². The summed E-state index contributed by atoms with van der Waals surface area (Å²) in [5.74, 6) is -1.00. The number of carboxylic acids is 1. The lowest BCUT2D eigenvalue weighted by molar-refractivity contribution is -0.113. The minimum Gasteiger partial charge on any atom is -0.478 e. The van der Waals surface area contributed by atoms with E-state index in [1.165, 1.54) is 23.9 Å². The van der Waals surface area contributed by atoms with Crippen molar-refractivity contribution >= 4 is 40.4 Å². The van der Waals surface area contributed by atoms with Crippen LogP contribution < -0.4 is 5.32 Å². The second kappa shape index (κ2) is 7.31. The summed E-state index contributed by atoms with van der Waals surface area (Å²) in [7, 11) is 0. The lowest BCUT2D eigenvalue weighted by atomic mass is 10.2. The molecule has 126 valence electrons. The number of thioether (sulfide) groups is 1. The van der Waals surface area contributed by atoms with Crippen molar-refractivity contribution in [2.75, 3.05) is 11.1 Å². The van der Waals surface area contributed by atoms with E-state index in [0.29, 0.717) is 5.69 Å². The van der Waals surface area contributed by atoms with Crippen molar-refractivity contribution < 1.29 is 14.7 Å². The zero-order chi connectivity index (χ0) is 17.8. The lowest BCUT2D eigenvalue weighted by Gasteiger charge is -2.07. The Morgan fingerprint density at radius 1 is 1.04 bits per heavy atom. The Hall–Kier alpha value is -2.93. The molecule has 0 spiro atoms. The molecule has 7 heteroatoms. The summed E-state index contributed by atoms with van der Waals surface area (Å²) < 4.78 is 0. The van der Waals surface area contributed by atoms with E-state index < -0.39 is 5.97 Å². The number of carboxylic acid groups (broad SMARTS) is 1. The highest BCUT2D eigenvalue weighted by Crippen LogP contribution is 2.22. The summed E-state index contributed by atoms with van der Waals surface area (Å²) in [6.07, 6.45) is 0. The van der Waals surface area contributed by atoms with Crippen LogP contribution in [0.3, 0.4) is 0 Å². The number of fused-ring (bicyclic) bond motifs is 1. The molecule has 1 amide bonds. The monoisotopic (exact) mass is 353 g/mol. The Kier molecular flexibility index (Phi) is 4.95. The number of benzene rings is 2. The molecule has 6 nitrogen and oxygen atoms in total. The van der Waals surface area contributed by atoms with Gasteiger partial charge in [-0.1, -0.05) is 23.9 Å². The first-order valence-electron chi connectivity index (χ1n) is 7.52. The molecule has 0 bridgehead atoms. The van der Waals surface area contributed by atoms with Crippen LogP contribution in [0.15, 0.2) is 53.6 Å². The summed E-state index contributed by atoms with van der Waals surface area (Å²) >= 11 is 1.32. The number of carbonyl (C=O) groups excluding carboxylic acids is 1. The number of anilines is 1. The van der Waals surface area contributed by atoms with Gasteiger partial charge in [0.1, 0.15) is 5.03 Å². The molecule has 0 aliphatic heterocycles. The molecule has 0 fully saturated rings. The van der Waals surface area contributed by atoms with Crippen LogP contribution in [0.25, 0.3) is 11.0 Å². The Morgan fingerprint density at radius 3 is 2.32 bits per heavy atom. The molecule has 2 N–H and O–H groups in total. The topological polar surface area (TPSA) is 92.2 Å². The molecular weight excluding hydrogens is 338 g/mol. The van der Waals surface area contributed by atoms with Crippen molar-refractivity contribution in [1.29, 1.82) is 0 Å². The quantitative estimate of drug-likeness (QED) is 0.683. The third kappa shape index (κ3) is 4.13. The Labute approximate surface area is 148 Å². The maximum absolute atomic E-state index is 12.1. The standard InChI is InChI=1S/C18H15N3O3S/c1-11-17(21-15-5-3-2-4-14(15)19-11)25-10-16(22)20-13-8-6-12(7-9-13)18(23)24/h2-9H,10H2,1H3,(H,20,22)(H,23,24). The molecule has 3 rings (SSSR count). The van der Waals surface area contributed by atoms with Gasteiger partial charge in [-0.25, -0.2) is 14.8 Å². The SMILES string of the molecule is Cc1nc2ccccc2nc1SCC(=O)Nc1ccc(C(=O)O)cc1. The van der Waals surface area contributed by atoms with Crippen molar-refractivity contribution in [2.24, 2.45) is 0 Å². The van der Waals surface area contributed by atoms with Gasteiger partial charge >= 0.3 is 5.97 Å². The van der Waals surface area contributed by atoms with Gasteiger partial charge in [-0.05, 0) is 43.3 Å². The van der Waals surface area contributed by atoms with Crippen LogP contribution in [-0.4, -0.2) is 32.7 Å². The van der Waals surface area contributed by atoms with E-state index in [-0.39, 0.29) is 17.2 Å². The van der Waals surface area contributed by atoms with Gasteiger partial charge in [0.25, 0.3) is 0 Å². The van der Waals surface area contributed by atoms with Crippen LogP contribution >= 0.6 is 11.8 Å². The maximum Gasteiger partial charge on any atom is 0.335 e.